The molecule has 0 aliphatic rings. The van der Waals surface area contributed by atoms with Crippen LogP contribution in [0.4, 0.5) is 11.4 Å². The van der Waals surface area contributed by atoms with Gasteiger partial charge in [0.2, 0.25) is 5.91 Å². The van der Waals surface area contributed by atoms with Gasteiger partial charge in [-0.2, -0.15) is 5.26 Å². The van der Waals surface area contributed by atoms with Crippen molar-refractivity contribution in [1.82, 2.24) is 19.8 Å². The third kappa shape index (κ3) is 8.76. The molecule has 0 spiro atoms. The summed E-state index contributed by atoms with van der Waals surface area (Å²) in [6, 6.07) is 20.6. The molecule has 4 aromatic rings. The van der Waals surface area contributed by atoms with E-state index in [0.717, 1.165) is 16.8 Å². The highest BCUT2D eigenvalue weighted by Crippen LogP contribution is 2.27. The van der Waals surface area contributed by atoms with Crippen LogP contribution in [-0.4, -0.2) is 42.5 Å². The molecule has 1 aromatic heterocycles. The summed E-state index contributed by atoms with van der Waals surface area (Å²) in [7, 11) is 0. The lowest BCUT2D eigenvalue weighted by molar-refractivity contribution is -0.384. The Bertz CT molecular complexity index is 1700. The maximum Gasteiger partial charge on any atom is 0.269 e. The second-order valence-corrected chi connectivity index (χ2v) is 11.9. The van der Waals surface area contributed by atoms with Gasteiger partial charge in [-0.3, -0.25) is 14.9 Å². The summed E-state index contributed by atoms with van der Waals surface area (Å²) < 4.78 is 1.89. The zero-order chi connectivity index (χ0) is 31.9. The minimum atomic E-state index is -0.749. The molecule has 10 nitrogen and oxygen atoms in total. The highest BCUT2D eigenvalue weighted by molar-refractivity contribution is 7.80. The largest absolute Gasteiger partial charge is 0.349 e. The number of amides is 1. The number of anilines is 1. The number of aromatic nitrogens is 2. The van der Waals surface area contributed by atoms with Gasteiger partial charge in [-0.05, 0) is 67.5 Å². The molecule has 0 aliphatic heterocycles. The van der Waals surface area contributed by atoms with Crippen LogP contribution in [0.15, 0.2) is 79.3 Å². The Labute approximate surface area is 270 Å². The fourth-order valence-electron chi connectivity index (χ4n) is 4.57. The van der Waals surface area contributed by atoms with Crippen molar-refractivity contribution in [1.29, 1.82) is 5.26 Å². The number of carbonyl (C=O) groups excluding carboxylic acids is 1. The maximum absolute atomic E-state index is 13.3. The number of nitriles is 1. The van der Waals surface area contributed by atoms with Gasteiger partial charge in [0.1, 0.15) is 0 Å². The molecule has 0 saturated carbocycles. The SMILES string of the molecule is CC(C)(CN(Cc1cccc(Cl)c1Cl)C(=S)Nc1ccc([N+](=O)[O-])cc1)NC(=O)Cc1cncn1Cc1ccc(C#N)cc1. The molecule has 1 heterocycles. The number of thiocarbonyl (C=S) groups is 1. The van der Waals surface area contributed by atoms with E-state index in [4.69, 9.17) is 40.7 Å². The number of carbonyl (C=O) groups is 1. The van der Waals surface area contributed by atoms with E-state index in [9.17, 15) is 14.9 Å². The van der Waals surface area contributed by atoms with Crippen LogP contribution >= 0.6 is 35.4 Å². The molecule has 0 fully saturated rings. The molecule has 1 amide bonds. The van der Waals surface area contributed by atoms with Crippen LogP contribution in [0.1, 0.15) is 36.2 Å². The lowest BCUT2D eigenvalue weighted by atomic mass is 10.0. The summed E-state index contributed by atoms with van der Waals surface area (Å²) in [6.45, 7) is 4.87. The zero-order valence-corrected chi connectivity index (χ0v) is 26.3. The minimum Gasteiger partial charge on any atom is -0.349 e. The molecule has 226 valence electrons. The molecule has 3 aromatic carbocycles. The minimum absolute atomic E-state index is 0.0360. The molecule has 0 radical (unpaired) electrons. The van der Waals surface area contributed by atoms with Crippen molar-refractivity contribution in [3.8, 4) is 6.07 Å². The first-order valence-electron chi connectivity index (χ1n) is 13.5. The standard InChI is InChI=1S/C31H29Cl2N7O3S/c1-31(2,37-28(41)14-26-16-35-20-39(26)17-22-8-6-21(15-34)7-9-22)19-38(18-23-4-3-5-27(32)29(23)33)30(44)36-24-10-12-25(13-11-24)40(42)43/h3-13,16,20H,14,17-19H2,1-2H3,(H,36,44)(H,37,41). The maximum atomic E-state index is 13.3. The van der Waals surface area contributed by atoms with Gasteiger partial charge < -0.3 is 20.1 Å². The van der Waals surface area contributed by atoms with Crippen molar-refractivity contribution in [2.45, 2.75) is 38.9 Å². The number of rotatable bonds is 11. The van der Waals surface area contributed by atoms with Crippen molar-refractivity contribution in [3.63, 3.8) is 0 Å². The Morgan fingerprint density at radius 3 is 2.50 bits per heavy atom. The first kappa shape index (κ1) is 32.4. The Hall–Kier alpha value is -4.50. The average Bonchev–Trinajstić information content (AvgIpc) is 3.41. The molecule has 0 aliphatic carbocycles. The van der Waals surface area contributed by atoms with Crippen molar-refractivity contribution in [2.24, 2.45) is 0 Å². The van der Waals surface area contributed by atoms with Crippen molar-refractivity contribution >= 4 is 57.8 Å². The van der Waals surface area contributed by atoms with Crippen molar-refractivity contribution in [2.75, 3.05) is 11.9 Å². The number of non-ortho nitro benzene ring substituents is 1. The van der Waals surface area contributed by atoms with Gasteiger partial charge in [0.25, 0.3) is 5.69 Å². The number of imidazole rings is 1. The quantitative estimate of drug-likeness (QED) is 0.109. The number of hydrogen-bond acceptors (Lipinski definition) is 6. The summed E-state index contributed by atoms with van der Waals surface area (Å²) in [6.07, 6.45) is 3.43. The predicted octanol–water partition coefficient (Wildman–Crippen LogP) is 6.35. The smallest absolute Gasteiger partial charge is 0.269 e. The second kappa shape index (κ2) is 14.3. The number of nitrogens with one attached hydrogen (secondary N) is 2. The molecule has 0 atom stereocenters. The Morgan fingerprint density at radius 2 is 1.84 bits per heavy atom. The van der Waals surface area contributed by atoms with Crippen LogP contribution in [0.2, 0.25) is 10.0 Å². The van der Waals surface area contributed by atoms with Gasteiger partial charge in [-0.25, -0.2) is 4.98 Å². The highest BCUT2D eigenvalue weighted by atomic mass is 35.5. The van der Waals surface area contributed by atoms with E-state index < -0.39 is 10.5 Å². The molecule has 0 unspecified atom stereocenters. The van der Waals surface area contributed by atoms with Crippen LogP contribution in [0.3, 0.4) is 0 Å². The second-order valence-electron chi connectivity index (χ2n) is 10.7. The molecule has 0 bridgehead atoms. The van der Waals surface area contributed by atoms with E-state index >= 15 is 0 Å². The normalized spacial score (nSPS) is 11.0. The summed E-state index contributed by atoms with van der Waals surface area (Å²) in [5.41, 5.74) is 2.82. The number of nitrogens with zero attached hydrogens (tertiary/aromatic N) is 5. The fourth-order valence-corrected chi connectivity index (χ4v) is 5.19. The summed E-state index contributed by atoms with van der Waals surface area (Å²) >= 11 is 18.5. The van der Waals surface area contributed by atoms with Crippen molar-refractivity contribution in [3.05, 3.63) is 122 Å². The molecule has 0 saturated heterocycles. The number of hydrogen-bond donors (Lipinski definition) is 2. The van der Waals surface area contributed by atoms with Crippen LogP contribution in [-0.2, 0) is 24.3 Å². The third-order valence-corrected chi connectivity index (χ3v) is 7.87. The van der Waals surface area contributed by atoms with Gasteiger partial charge in [0, 0.05) is 49.3 Å². The Balaban J connectivity index is 1.47. The number of halogens is 2. The number of nitro groups is 1. The van der Waals surface area contributed by atoms with Crippen LogP contribution in [0.5, 0.6) is 0 Å². The van der Waals surface area contributed by atoms with E-state index in [2.05, 4.69) is 21.7 Å². The van der Waals surface area contributed by atoms with Gasteiger partial charge in [0.15, 0.2) is 5.11 Å². The first-order chi connectivity index (χ1) is 20.9. The highest BCUT2D eigenvalue weighted by Gasteiger charge is 2.27. The lowest BCUT2D eigenvalue weighted by Crippen LogP contribution is -2.53. The van der Waals surface area contributed by atoms with Crippen LogP contribution < -0.4 is 10.6 Å². The lowest BCUT2D eigenvalue weighted by Gasteiger charge is -2.35. The molecule has 44 heavy (non-hydrogen) atoms. The van der Waals surface area contributed by atoms with E-state index in [1.807, 2.05) is 41.5 Å². The molecular weight excluding hydrogens is 621 g/mol. The monoisotopic (exact) mass is 649 g/mol. The van der Waals surface area contributed by atoms with Gasteiger partial charge in [-0.15, -0.1) is 0 Å². The van der Waals surface area contributed by atoms with E-state index in [1.54, 1.807) is 48.9 Å². The summed E-state index contributed by atoms with van der Waals surface area (Å²) in [4.78, 5) is 29.9. The summed E-state index contributed by atoms with van der Waals surface area (Å²) in [5.74, 6) is -0.202. The first-order valence-corrected chi connectivity index (χ1v) is 14.6. The number of nitro benzene ring substituents is 1. The van der Waals surface area contributed by atoms with E-state index in [-0.39, 0.29) is 24.6 Å². The van der Waals surface area contributed by atoms with E-state index in [1.165, 1.54) is 12.1 Å². The topological polar surface area (TPSA) is 129 Å². The van der Waals surface area contributed by atoms with E-state index in [0.29, 0.717) is 39.5 Å². The van der Waals surface area contributed by atoms with Crippen LogP contribution in [0.25, 0.3) is 0 Å². The predicted molar refractivity (Wildman–Crippen MR) is 175 cm³/mol. The van der Waals surface area contributed by atoms with Crippen molar-refractivity contribution < 1.29 is 9.72 Å². The average molecular weight is 651 g/mol. The van der Waals surface area contributed by atoms with Gasteiger partial charge in [-0.1, -0.05) is 47.5 Å². The molecule has 4 rings (SSSR count). The van der Waals surface area contributed by atoms with Gasteiger partial charge >= 0.3 is 0 Å². The molecule has 13 heteroatoms. The molecular formula is C31H29Cl2N7O3S. The Morgan fingerprint density at radius 1 is 1.14 bits per heavy atom. The number of benzene rings is 3. The fraction of sp³-hybridized carbons (Fsp3) is 0.226. The van der Waals surface area contributed by atoms with Gasteiger partial charge in [0.05, 0.1) is 44.9 Å². The zero-order valence-electron chi connectivity index (χ0n) is 24.0. The summed E-state index contributed by atoms with van der Waals surface area (Å²) in [5, 5.41) is 27.5. The Kier molecular flexibility index (Phi) is 10.5. The van der Waals surface area contributed by atoms with Crippen LogP contribution in [0, 0.1) is 21.4 Å². The molecule has 2 N–H and O–H groups in total. The third-order valence-electron chi connectivity index (χ3n) is 6.65.